The molecule has 0 aromatic heterocycles. The molecule has 0 atom stereocenters. The van der Waals surface area contributed by atoms with Gasteiger partial charge in [-0.15, -0.1) is 8.67 Å². The zero-order valence-corrected chi connectivity index (χ0v) is 25.3. The molecule has 0 unspecified atom stereocenters. The molecule has 0 spiro atoms. The van der Waals surface area contributed by atoms with Gasteiger partial charge in [0.15, 0.2) is 0 Å². The Morgan fingerprint density at radius 2 is 1.26 bits per heavy atom. The highest BCUT2D eigenvalue weighted by molar-refractivity contribution is 7.95. The predicted molar refractivity (Wildman–Crippen MR) is 153 cm³/mol. The molecule has 4 aromatic rings. The molecule has 0 heterocycles. The van der Waals surface area contributed by atoms with Crippen molar-refractivity contribution in [1.29, 1.82) is 0 Å². The van der Waals surface area contributed by atoms with Gasteiger partial charge in [0, 0.05) is 4.90 Å². The zero-order chi connectivity index (χ0) is 31.2. The van der Waals surface area contributed by atoms with E-state index in [0.29, 0.717) is 45.7 Å². The van der Waals surface area contributed by atoms with Crippen molar-refractivity contribution in [2.75, 3.05) is 7.11 Å². The second-order valence-electron chi connectivity index (χ2n) is 8.46. The monoisotopic (exact) mass is 670 g/mol. The van der Waals surface area contributed by atoms with E-state index in [1.54, 1.807) is 31.2 Å². The Morgan fingerprint density at radius 1 is 0.674 bits per heavy atom. The van der Waals surface area contributed by atoms with E-state index in [9.17, 15) is 21.4 Å². The first-order valence-corrected chi connectivity index (χ1v) is 16.1. The van der Waals surface area contributed by atoms with Crippen molar-refractivity contribution in [3.05, 3.63) is 84.4 Å². The molecule has 3 N–H and O–H groups in total. The van der Waals surface area contributed by atoms with Crippen LogP contribution in [0.5, 0.6) is 17.2 Å². The van der Waals surface area contributed by atoms with Crippen LogP contribution in [0.2, 0.25) is 0 Å². The van der Waals surface area contributed by atoms with Gasteiger partial charge in [-0.05, 0) is 84.3 Å². The molecule has 4 aromatic carbocycles. The van der Waals surface area contributed by atoms with Crippen molar-refractivity contribution in [2.45, 2.75) is 31.4 Å². The summed E-state index contributed by atoms with van der Waals surface area (Å²) in [5.41, 5.74) is 1.58. The molecule has 13 nitrogen and oxygen atoms in total. The highest BCUT2D eigenvalue weighted by Crippen LogP contribution is 2.39. The van der Waals surface area contributed by atoms with Crippen molar-refractivity contribution < 1.29 is 60.1 Å². The number of rotatable bonds is 13. The summed E-state index contributed by atoms with van der Waals surface area (Å²) >= 11 is 1.23. The minimum atomic E-state index is -4.59. The molecule has 0 aliphatic carbocycles. The van der Waals surface area contributed by atoms with E-state index in [0.717, 1.165) is 0 Å². The number of hydrogen-bond donors (Lipinski definition) is 3. The largest absolute Gasteiger partial charge is 0.495 e. The normalized spacial score (nSPS) is 11.8. The topological polar surface area (TPSA) is 184 Å². The van der Waals surface area contributed by atoms with Gasteiger partial charge in [0.05, 0.1) is 45.9 Å². The van der Waals surface area contributed by atoms with Gasteiger partial charge in [0.2, 0.25) is 9.84 Å². The minimum Gasteiger partial charge on any atom is -0.495 e. The average molecular weight is 671 g/mol. The van der Waals surface area contributed by atoms with Crippen LogP contribution in [0.3, 0.4) is 0 Å². The van der Waals surface area contributed by atoms with Crippen LogP contribution in [-0.2, 0) is 38.7 Å². The Hall–Kier alpha value is -3.20. The summed E-state index contributed by atoms with van der Waals surface area (Å²) in [5.74, 6) is 0.428. The minimum absolute atomic E-state index is 0.0121. The van der Waals surface area contributed by atoms with Gasteiger partial charge in [-0.3, -0.25) is 4.55 Å². The number of hydrogen-bond acceptors (Lipinski definition) is 14. The van der Waals surface area contributed by atoms with Crippen molar-refractivity contribution in [3.63, 3.8) is 0 Å². The quantitative estimate of drug-likeness (QED) is 0.0614. The smallest absolute Gasteiger partial charge is 0.298 e. The lowest BCUT2D eigenvalue weighted by atomic mass is 10.1. The maximum Gasteiger partial charge on any atom is 0.298 e. The van der Waals surface area contributed by atoms with Gasteiger partial charge >= 0.3 is 0 Å². The second-order valence-corrected chi connectivity index (χ2v) is 13.3. The second kappa shape index (κ2) is 14.1. The Bertz CT molecular complexity index is 1810. The number of methoxy groups -OCH3 is 1. The first-order valence-electron chi connectivity index (χ1n) is 11.7. The van der Waals surface area contributed by atoms with Gasteiger partial charge < -0.3 is 9.47 Å². The first kappa shape index (κ1) is 32.7. The van der Waals surface area contributed by atoms with Gasteiger partial charge in [0.25, 0.3) is 10.1 Å². The molecule has 0 amide bonds. The molecule has 0 saturated heterocycles. The fraction of sp³-hybridized carbons (Fsp3) is 0.0769. The number of ether oxygens (including phenoxy) is 2. The third-order valence-electron chi connectivity index (χ3n) is 5.86. The van der Waals surface area contributed by atoms with E-state index in [4.69, 9.17) is 20.0 Å². The lowest BCUT2D eigenvalue weighted by Crippen LogP contribution is -2.02. The van der Waals surface area contributed by atoms with Crippen LogP contribution in [0.15, 0.2) is 103 Å². The highest BCUT2D eigenvalue weighted by atomic mass is 32.2. The first-order chi connectivity index (χ1) is 20.5. The maximum absolute atomic E-state index is 13.2. The van der Waals surface area contributed by atoms with E-state index in [1.165, 1.54) is 61.7 Å². The molecule has 4 rings (SSSR count). The van der Waals surface area contributed by atoms with Gasteiger partial charge in [-0.2, -0.15) is 8.42 Å². The average Bonchev–Trinajstić information content (AvgIpc) is 2.99. The number of benzene rings is 4. The van der Waals surface area contributed by atoms with Crippen LogP contribution in [0.4, 0.5) is 0 Å². The Labute approximate surface area is 254 Å². The van der Waals surface area contributed by atoms with E-state index < -0.39 is 24.9 Å². The van der Waals surface area contributed by atoms with Crippen LogP contribution >= 0.6 is 24.1 Å². The van der Waals surface area contributed by atoms with Crippen molar-refractivity contribution in [2.24, 2.45) is 0 Å². The van der Waals surface area contributed by atoms with E-state index in [2.05, 4.69) is 18.7 Å². The van der Waals surface area contributed by atoms with Crippen LogP contribution in [0.25, 0.3) is 11.1 Å². The van der Waals surface area contributed by atoms with Gasteiger partial charge in [-0.1, -0.05) is 28.3 Å². The summed E-state index contributed by atoms with van der Waals surface area (Å²) in [6.07, 6.45) is 0. The highest BCUT2D eigenvalue weighted by Gasteiger charge is 2.21. The van der Waals surface area contributed by atoms with Crippen LogP contribution in [0, 0.1) is 6.92 Å². The molecule has 0 radical (unpaired) electrons. The molecule has 0 saturated carbocycles. The summed E-state index contributed by atoms with van der Waals surface area (Å²) in [5, 5.41) is 24.4. The Morgan fingerprint density at radius 3 is 1.86 bits per heavy atom. The Kier molecular flexibility index (Phi) is 10.7. The molecule has 17 heteroatoms. The SMILES string of the molecule is COc1ccc(-c2ccc(Oc3ccc(S(=O)(=O)c4ccc(C)c(SOOO)c4)cc3)c(SOOO)c2)cc1S(=O)(=O)O. The lowest BCUT2D eigenvalue weighted by Gasteiger charge is -2.13. The maximum atomic E-state index is 13.2. The molecule has 0 fully saturated rings. The predicted octanol–water partition coefficient (Wildman–Crippen LogP) is 6.40. The number of aryl methyl sites for hydroxylation is 1. The standard InChI is InChI=1S/C26H22O13S4/c1-16-3-8-21(15-24(16)40-38-36-27)42(29,30)20-9-6-19(7-10-20)35-22-11-4-17(13-25(22)41-39-37-28)18-5-12-23(34-2)26(14-18)43(31,32)33/h3-15,27-28H,1-2H3,(H,31,32,33). The molecule has 228 valence electrons. The van der Waals surface area contributed by atoms with E-state index in [1.807, 2.05) is 0 Å². The van der Waals surface area contributed by atoms with E-state index >= 15 is 0 Å². The third-order valence-corrected chi connectivity index (χ3v) is 9.88. The molecule has 43 heavy (non-hydrogen) atoms. The van der Waals surface area contributed by atoms with Crippen LogP contribution in [0.1, 0.15) is 5.56 Å². The molecule has 0 bridgehead atoms. The van der Waals surface area contributed by atoms with Crippen LogP contribution < -0.4 is 9.47 Å². The molecular formula is C26H22O13S4. The van der Waals surface area contributed by atoms with Gasteiger partial charge in [0.1, 0.15) is 22.1 Å². The van der Waals surface area contributed by atoms with Crippen molar-refractivity contribution in [1.82, 2.24) is 0 Å². The Balaban J connectivity index is 1.62. The van der Waals surface area contributed by atoms with Gasteiger partial charge in [-0.25, -0.2) is 18.9 Å². The molecular weight excluding hydrogens is 649 g/mol. The summed E-state index contributed by atoms with van der Waals surface area (Å²) < 4.78 is 79.6. The van der Waals surface area contributed by atoms with Crippen LogP contribution in [-0.4, -0.2) is 39.0 Å². The van der Waals surface area contributed by atoms with Crippen molar-refractivity contribution >= 4 is 44.0 Å². The molecule has 0 aliphatic rings. The summed E-state index contributed by atoms with van der Waals surface area (Å²) in [6.45, 7) is 1.73. The fourth-order valence-electron chi connectivity index (χ4n) is 3.79. The molecule has 0 aliphatic heterocycles. The fourth-order valence-corrected chi connectivity index (χ4v) is 6.78. The zero-order valence-electron chi connectivity index (χ0n) is 22.1. The van der Waals surface area contributed by atoms with Crippen molar-refractivity contribution in [3.8, 4) is 28.4 Å². The lowest BCUT2D eigenvalue weighted by molar-refractivity contribution is -0.432. The summed E-state index contributed by atoms with van der Waals surface area (Å²) in [6, 6.07) is 18.9. The third kappa shape index (κ3) is 7.85. The summed E-state index contributed by atoms with van der Waals surface area (Å²) in [7, 11) is -7.25. The summed E-state index contributed by atoms with van der Waals surface area (Å²) in [4.78, 5) is 0.241. The number of sulfone groups is 1. The van der Waals surface area contributed by atoms with E-state index in [-0.39, 0.29) is 31.9 Å².